The van der Waals surface area contributed by atoms with E-state index in [9.17, 15) is 0 Å². The zero-order chi connectivity index (χ0) is 6.04. The third kappa shape index (κ3) is 1.60. The average molecular weight is 130 g/mol. The fraction of sp³-hybridized carbons (Fsp3) is 1.00. The molecular formula is C6H14OSi. The molecule has 1 unspecified atom stereocenters. The Morgan fingerprint density at radius 1 is 1.50 bits per heavy atom. The van der Waals surface area contributed by atoms with Crippen LogP contribution in [-0.2, 0) is 4.74 Å². The highest BCUT2D eigenvalue weighted by Gasteiger charge is 2.20. The fourth-order valence-corrected chi connectivity index (χ4v) is 1.63. The Hall–Kier alpha value is 0.177. The third-order valence-electron chi connectivity index (χ3n) is 1.67. The van der Waals surface area contributed by atoms with E-state index in [1.54, 1.807) is 0 Å². The molecule has 0 aliphatic carbocycles. The Morgan fingerprint density at radius 2 is 2.25 bits per heavy atom. The molecule has 8 heavy (non-hydrogen) atoms. The van der Waals surface area contributed by atoms with Gasteiger partial charge < -0.3 is 4.74 Å². The van der Waals surface area contributed by atoms with Crippen molar-refractivity contribution >= 4 is 10.2 Å². The number of hydrogen-bond donors (Lipinski definition) is 0. The maximum absolute atomic E-state index is 5.53. The number of hydrogen-bond acceptors (Lipinski definition) is 1. The van der Waals surface area contributed by atoms with Gasteiger partial charge in [0.2, 0.25) is 0 Å². The molecule has 0 spiro atoms. The highest BCUT2D eigenvalue weighted by Crippen LogP contribution is 2.19. The van der Waals surface area contributed by atoms with Crippen LogP contribution in [0.25, 0.3) is 0 Å². The molecule has 0 aromatic carbocycles. The van der Waals surface area contributed by atoms with Gasteiger partial charge in [0.1, 0.15) is 0 Å². The highest BCUT2D eigenvalue weighted by atomic mass is 28.1. The summed E-state index contributed by atoms with van der Waals surface area (Å²) >= 11 is 0. The molecule has 1 heterocycles. The second-order valence-electron chi connectivity index (χ2n) is 3.07. The van der Waals surface area contributed by atoms with E-state index in [2.05, 4.69) is 6.92 Å². The van der Waals surface area contributed by atoms with Crippen LogP contribution in [0.1, 0.15) is 26.2 Å². The molecule has 0 aromatic rings. The van der Waals surface area contributed by atoms with Crippen LogP contribution in [0.3, 0.4) is 0 Å². The lowest BCUT2D eigenvalue weighted by molar-refractivity contribution is -0.00436. The molecule has 0 amide bonds. The third-order valence-corrected chi connectivity index (χ3v) is 2.45. The average Bonchev–Trinajstić information content (AvgIpc) is 1.65. The minimum Gasteiger partial charge on any atom is -0.380 e. The second-order valence-corrected chi connectivity index (χ2v) is 5.18. The smallest absolute Gasteiger partial charge is 0.0468 e. The molecule has 1 atom stereocenters. The van der Waals surface area contributed by atoms with Crippen molar-refractivity contribution < 1.29 is 4.74 Å². The van der Waals surface area contributed by atoms with Gasteiger partial charge in [0.15, 0.2) is 0 Å². The maximum atomic E-state index is 5.53. The van der Waals surface area contributed by atoms with E-state index in [1.165, 1.54) is 29.5 Å². The highest BCUT2D eigenvalue weighted by molar-refractivity contribution is 6.14. The normalized spacial score (nSPS) is 40.1. The summed E-state index contributed by atoms with van der Waals surface area (Å²) in [6, 6.07) is 0. The van der Waals surface area contributed by atoms with Gasteiger partial charge in [0, 0.05) is 22.1 Å². The lowest BCUT2D eigenvalue weighted by Gasteiger charge is -2.29. The summed E-state index contributed by atoms with van der Waals surface area (Å²) in [6.07, 6.45) is 3.94. The Kier molecular flexibility index (Phi) is 1.73. The van der Waals surface area contributed by atoms with E-state index < -0.39 is 0 Å². The molecule has 0 radical (unpaired) electrons. The minimum absolute atomic E-state index is 0.318. The maximum Gasteiger partial charge on any atom is 0.0468 e. The van der Waals surface area contributed by atoms with Crippen LogP contribution in [0.2, 0.25) is 0 Å². The van der Waals surface area contributed by atoms with E-state index in [1.807, 2.05) is 0 Å². The molecule has 0 N–H and O–H groups in total. The summed E-state index contributed by atoms with van der Waals surface area (Å²) in [7, 11) is 1.19. The fourth-order valence-electron chi connectivity index (χ4n) is 1.07. The molecule has 2 heteroatoms. The monoisotopic (exact) mass is 130 g/mol. The van der Waals surface area contributed by atoms with Gasteiger partial charge in [-0.05, 0) is 26.2 Å². The Morgan fingerprint density at radius 3 is 2.50 bits per heavy atom. The molecule has 1 nitrogen and oxygen atoms in total. The lowest BCUT2D eigenvalue weighted by atomic mass is 10.1. The standard InChI is InChI=1S/C6H14OSi/c1-6(8)4-2-3-5-7-6/h2-5H2,1,8H3. The Labute approximate surface area is 53.8 Å². The summed E-state index contributed by atoms with van der Waals surface area (Å²) in [5.74, 6) is 0. The molecule has 1 aliphatic rings. The van der Waals surface area contributed by atoms with E-state index >= 15 is 0 Å². The predicted molar refractivity (Wildman–Crippen MR) is 38.1 cm³/mol. The molecule has 1 saturated heterocycles. The van der Waals surface area contributed by atoms with Gasteiger partial charge in [-0.2, -0.15) is 0 Å². The first kappa shape index (κ1) is 6.30. The first-order valence-electron chi connectivity index (χ1n) is 3.35. The van der Waals surface area contributed by atoms with Crippen LogP contribution in [-0.4, -0.2) is 22.1 Å². The molecule has 1 fully saturated rings. The van der Waals surface area contributed by atoms with Crippen LogP contribution >= 0.6 is 0 Å². The topological polar surface area (TPSA) is 9.23 Å². The molecule has 1 rings (SSSR count). The van der Waals surface area contributed by atoms with Crippen LogP contribution in [0.4, 0.5) is 0 Å². The van der Waals surface area contributed by atoms with Crippen LogP contribution < -0.4 is 0 Å². The summed E-state index contributed by atoms with van der Waals surface area (Å²) in [5.41, 5.74) is 0. The van der Waals surface area contributed by atoms with Gasteiger partial charge in [-0.25, -0.2) is 0 Å². The molecule has 0 bridgehead atoms. The van der Waals surface area contributed by atoms with Gasteiger partial charge in [-0.1, -0.05) is 0 Å². The van der Waals surface area contributed by atoms with E-state index in [4.69, 9.17) is 4.74 Å². The van der Waals surface area contributed by atoms with E-state index in [0.717, 1.165) is 6.61 Å². The van der Waals surface area contributed by atoms with Crippen molar-refractivity contribution in [1.29, 1.82) is 0 Å². The molecule has 1 aliphatic heterocycles. The van der Waals surface area contributed by atoms with Gasteiger partial charge in [-0.15, -0.1) is 0 Å². The predicted octanol–water partition coefficient (Wildman–Crippen LogP) is 0.268. The van der Waals surface area contributed by atoms with Crippen molar-refractivity contribution in [3.63, 3.8) is 0 Å². The van der Waals surface area contributed by atoms with Crippen molar-refractivity contribution in [2.75, 3.05) is 6.61 Å². The Bertz CT molecular complexity index is 72.6. The zero-order valence-corrected chi connectivity index (χ0v) is 7.74. The second kappa shape index (κ2) is 2.19. The summed E-state index contributed by atoms with van der Waals surface area (Å²) in [5, 5.41) is 0.318. The van der Waals surface area contributed by atoms with Gasteiger partial charge >= 0.3 is 0 Å². The quantitative estimate of drug-likeness (QED) is 0.428. The van der Waals surface area contributed by atoms with Crippen LogP contribution in [0.15, 0.2) is 0 Å². The summed E-state index contributed by atoms with van der Waals surface area (Å²) in [6.45, 7) is 3.22. The van der Waals surface area contributed by atoms with Crippen molar-refractivity contribution in [2.24, 2.45) is 0 Å². The largest absolute Gasteiger partial charge is 0.380 e. The zero-order valence-electron chi connectivity index (χ0n) is 5.74. The molecular weight excluding hydrogens is 116 g/mol. The van der Waals surface area contributed by atoms with Gasteiger partial charge in [0.05, 0.1) is 0 Å². The first-order chi connectivity index (χ1) is 3.71. The van der Waals surface area contributed by atoms with Crippen molar-refractivity contribution in [2.45, 2.75) is 31.4 Å². The SMILES string of the molecule is CC1([SiH3])CCCCO1. The van der Waals surface area contributed by atoms with Crippen molar-refractivity contribution in [1.82, 2.24) is 0 Å². The van der Waals surface area contributed by atoms with Gasteiger partial charge in [0.25, 0.3) is 0 Å². The first-order valence-corrected chi connectivity index (χ1v) is 4.35. The molecule has 0 aromatic heterocycles. The minimum atomic E-state index is 0.318. The summed E-state index contributed by atoms with van der Waals surface area (Å²) < 4.78 is 5.53. The van der Waals surface area contributed by atoms with Crippen molar-refractivity contribution in [3.05, 3.63) is 0 Å². The van der Waals surface area contributed by atoms with E-state index in [0.29, 0.717) is 5.22 Å². The molecule has 48 valence electrons. The number of rotatable bonds is 0. The van der Waals surface area contributed by atoms with Crippen molar-refractivity contribution in [3.8, 4) is 0 Å². The summed E-state index contributed by atoms with van der Waals surface area (Å²) in [4.78, 5) is 0. The van der Waals surface area contributed by atoms with Gasteiger partial charge in [-0.3, -0.25) is 0 Å². The molecule has 0 saturated carbocycles. The van der Waals surface area contributed by atoms with Crippen LogP contribution in [0, 0.1) is 0 Å². The number of ether oxygens (including phenoxy) is 1. The van der Waals surface area contributed by atoms with E-state index in [-0.39, 0.29) is 0 Å². The Balaban J connectivity index is 2.33. The van der Waals surface area contributed by atoms with Crippen LogP contribution in [0.5, 0.6) is 0 Å². The lowest BCUT2D eigenvalue weighted by Crippen LogP contribution is -2.32.